The monoisotopic (exact) mass is 204 g/mol. The minimum absolute atomic E-state index is 0.00829. The van der Waals surface area contributed by atoms with Gasteiger partial charge in [0, 0.05) is 19.3 Å². The molecule has 0 N–H and O–H groups in total. The first kappa shape index (κ1) is 11.4. The number of aromatic nitrogens is 1. The van der Waals surface area contributed by atoms with E-state index < -0.39 is 0 Å². The van der Waals surface area contributed by atoms with Crippen LogP contribution in [-0.2, 0) is 7.05 Å². The highest BCUT2D eigenvalue weighted by molar-refractivity contribution is 5.93. The molecule has 1 aromatic heterocycles. The van der Waals surface area contributed by atoms with E-state index in [1.54, 1.807) is 4.90 Å². The average Bonchev–Trinajstić information content (AvgIpc) is 2.55. The Balaban J connectivity index is 2.93. The number of aryl methyl sites for hydroxylation is 1. The van der Waals surface area contributed by atoms with Crippen molar-refractivity contribution in [3.63, 3.8) is 0 Å². The van der Waals surface area contributed by atoms with Crippen molar-refractivity contribution in [1.29, 1.82) is 0 Å². The highest BCUT2D eigenvalue weighted by Crippen LogP contribution is 2.08. The van der Waals surface area contributed by atoms with Gasteiger partial charge in [-0.25, -0.2) is 0 Å². The van der Waals surface area contributed by atoms with E-state index in [-0.39, 0.29) is 5.91 Å². The standard InChI is InChI=1S/C12H16N2O/c1-5-9-14(6-2)12(15)11-8-7-10(3)13(11)4/h1,7-8H,6,9H2,2-4H3. The number of carbonyl (C=O) groups is 1. The van der Waals surface area contributed by atoms with Crippen LogP contribution in [0.3, 0.4) is 0 Å². The van der Waals surface area contributed by atoms with Gasteiger partial charge < -0.3 is 9.47 Å². The fourth-order valence-electron chi connectivity index (χ4n) is 1.43. The molecule has 0 aromatic carbocycles. The van der Waals surface area contributed by atoms with Crippen LogP contribution in [0.25, 0.3) is 0 Å². The van der Waals surface area contributed by atoms with Gasteiger partial charge in [0.2, 0.25) is 0 Å². The Morgan fingerprint density at radius 3 is 2.67 bits per heavy atom. The molecule has 0 spiro atoms. The molecule has 0 bridgehead atoms. The van der Waals surface area contributed by atoms with E-state index >= 15 is 0 Å². The molecular weight excluding hydrogens is 188 g/mol. The van der Waals surface area contributed by atoms with Crippen LogP contribution >= 0.6 is 0 Å². The normalized spacial score (nSPS) is 9.73. The summed E-state index contributed by atoms with van der Waals surface area (Å²) in [5, 5.41) is 0. The second-order valence-electron chi connectivity index (χ2n) is 3.44. The first-order chi connectivity index (χ1) is 7.11. The number of hydrogen-bond acceptors (Lipinski definition) is 1. The fraction of sp³-hybridized carbons (Fsp3) is 0.417. The molecule has 0 fully saturated rings. The minimum atomic E-state index is -0.00829. The van der Waals surface area contributed by atoms with Crippen LogP contribution in [0.4, 0.5) is 0 Å². The summed E-state index contributed by atoms with van der Waals surface area (Å²) < 4.78 is 1.88. The second kappa shape index (κ2) is 4.70. The maximum Gasteiger partial charge on any atom is 0.271 e. The summed E-state index contributed by atoms with van der Waals surface area (Å²) >= 11 is 0. The summed E-state index contributed by atoms with van der Waals surface area (Å²) in [5.74, 6) is 2.48. The smallest absolute Gasteiger partial charge is 0.271 e. The number of amides is 1. The van der Waals surface area contributed by atoms with Crippen LogP contribution in [0.1, 0.15) is 23.1 Å². The van der Waals surface area contributed by atoms with E-state index in [2.05, 4.69) is 5.92 Å². The van der Waals surface area contributed by atoms with E-state index in [0.29, 0.717) is 18.8 Å². The Bertz CT molecular complexity index is 398. The molecule has 3 heteroatoms. The van der Waals surface area contributed by atoms with Crippen LogP contribution in [-0.4, -0.2) is 28.5 Å². The largest absolute Gasteiger partial charge is 0.344 e. The molecule has 15 heavy (non-hydrogen) atoms. The van der Waals surface area contributed by atoms with Gasteiger partial charge in [-0.3, -0.25) is 4.79 Å². The molecule has 0 aliphatic heterocycles. The van der Waals surface area contributed by atoms with E-state index in [0.717, 1.165) is 5.69 Å². The van der Waals surface area contributed by atoms with Crippen LogP contribution < -0.4 is 0 Å². The highest BCUT2D eigenvalue weighted by atomic mass is 16.2. The lowest BCUT2D eigenvalue weighted by Crippen LogP contribution is -2.32. The summed E-state index contributed by atoms with van der Waals surface area (Å²) in [6, 6.07) is 3.76. The van der Waals surface area contributed by atoms with Crippen molar-refractivity contribution < 1.29 is 4.79 Å². The van der Waals surface area contributed by atoms with Crippen molar-refractivity contribution in [3.8, 4) is 12.3 Å². The molecule has 0 saturated carbocycles. The SMILES string of the molecule is C#CCN(CC)C(=O)c1ccc(C)n1C. The van der Waals surface area contributed by atoms with Gasteiger partial charge >= 0.3 is 0 Å². The molecule has 3 nitrogen and oxygen atoms in total. The van der Waals surface area contributed by atoms with Gasteiger partial charge in [0.1, 0.15) is 5.69 Å². The third kappa shape index (κ3) is 2.21. The summed E-state index contributed by atoms with van der Waals surface area (Å²) in [6.07, 6.45) is 5.21. The highest BCUT2D eigenvalue weighted by Gasteiger charge is 2.16. The Morgan fingerprint density at radius 2 is 2.27 bits per heavy atom. The Kier molecular flexibility index (Phi) is 3.56. The van der Waals surface area contributed by atoms with Gasteiger partial charge in [0.05, 0.1) is 6.54 Å². The fourth-order valence-corrected chi connectivity index (χ4v) is 1.43. The molecule has 0 aliphatic rings. The van der Waals surface area contributed by atoms with Crippen molar-refractivity contribution in [1.82, 2.24) is 9.47 Å². The zero-order chi connectivity index (χ0) is 11.4. The lowest BCUT2D eigenvalue weighted by Gasteiger charge is -2.18. The molecule has 1 rings (SSSR count). The number of nitrogens with zero attached hydrogens (tertiary/aromatic N) is 2. The molecule has 0 saturated heterocycles. The van der Waals surface area contributed by atoms with Crippen LogP contribution in [0.2, 0.25) is 0 Å². The topological polar surface area (TPSA) is 25.2 Å². The van der Waals surface area contributed by atoms with Crippen molar-refractivity contribution in [2.24, 2.45) is 7.05 Å². The first-order valence-corrected chi connectivity index (χ1v) is 4.96. The van der Waals surface area contributed by atoms with Gasteiger partial charge in [-0.15, -0.1) is 6.42 Å². The number of carbonyl (C=O) groups excluding carboxylic acids is 1. The summed E-state index contributed by atoms with van der Waals surface area (Å²) in [6.45, 7) is 4.88. The first-order valence-electron chi connectivity index (χ1n) is 4.96. The van der Waals surface area contributed by atoms with Crippen LogP contribution in [0.5, 0.6) is 0 Å². The predicted molar refractivity (Wildman–Crippen MR) is 60.6 cm³/mol. The van der Waals surface area contributed by atoms with Crippen molar-refractivity contribution in [2.45, 2.75) is 13.8 Å². The van der Waals surface area contributed by atoms with E-state index in [1.807, 2.05) is 37.6 Å². The van der Waals surface area contributed by atoms with Gasteiger partial charge in [-0.05, 0) is 26.0 Å². The number of rotatable bonds is 3. The van der Waals surface area contributed by atoms with Crippen LogP contribution in [0.15, 0.2) is 12.1 Å². The molecule has 0 unspecified atom stereocenters. The third-order valence-electron chi connectivity index (χ3n) is 2.54. The molecule has 0 radical (unpaired) electrons. The lowest BCUT2D eigenvalue weighted by molar-refractivity contribution is 0.0775. The Labute approximate surface area is 90.7 Å². The van der Waals surface area contributed by atoms with Crippen LogP contribution in [0, 0.1) is 19.3 Å². The second-order valence-corrected chi connectivity index (χ2v) is 3.44. The third-order valence-corrected chi connectivity index (χ3v) is 2.54. The zero-order valence-electron chi connectivity index (χ0n) is 9.45. The number of hydrogen-bond donors (Lipinski definition) is 0. The molecule has 0 aliphatic carbocycles. The molecule has 1 heterocycles. The Hall–Kier alpha value is -1.69. The molecule has 1 aromatic rings. The van der Waals surface area contributed by atoms with E-state index in [9.17, 15) is 4.79 Å². The van der Waals surface area contributed by atoms with Crippen molar-refractivity contribution in [2.75, 3.05) is 13.1 Å². The van der Waals surface area contributed by atoms with Gasteiger partial charge in [0.25, 0.3) is 5.91 Å². The number of terminal acetylenes is 1. The maximum absolute atomic E-state index is 12.0. The lowest BCUT2D eigenvalue weighted by atomic mass is 10.3. The van der Waals surface area contributed by atoms with Gasteiger partial charge in [-0.2, -0.15) is 0 Å². The quantitative estimate of drug-likeness (QED) is 0.684. The molecular formula is C12H16N2O. The van der Waals surface area contributed by atoms with E-state index in [1.165, 1.54) is 0 Å². The van der Waals surface area contributed by atoms with Gasteiger partial charge in [-0.1, -0.05) is 5.92 Å². The van der Waals surface area contributed by atoms with E-state index in [4.69, 9.17) is 6.42 Å². The molecule has 0 atom stereocenters. The van der Waals surface area contributed by atoms with Crippen molar-refractivity contribution >= 4 is 5.91 Å². The zero-order valence-corrected chi connectivity index (χ0v) is 9.45. The summed E-state index contributed by atoms with van der Waals surface area (Å²) in [7, 11) is 1.88. The molecule has 80 valence electrons. The predicted octanol–water partition coefficient (Wildman–Crippen LogP) is 1.43. The minimum Gasteiger partial charge on any atom is -0.344 e. The summed E-state index contributed by atoms with van der Waals surface area (Å²) in [5.41, 5.74) is 1.75. The molecule has 1 amide bonds. The Morgan fingerprint density at radius 1 is 1.60 bits per heavy atom. The van der Waals surface area contributed by atoms with Gasteiger partial charge in [0.15, 0.2) is 0 Å². The summed E-state index contributed by atoms with van der Waals surface area (Å²) in [4.78, 5) is 13.7. The average molecular weight is 204 g/mol. The maximum atomic E-state index is 12.0. The van der Waals surface area contributed by atoms with Crippen molar-refractivity contribution in [3.05, 3.63) is 23.5 Å².